The molecule has 6 radical (unpaired) electrons. The van der Waals surface area contributed by atoms with E-state index in [1.807, 2.05) is 0 Å². The molecule has 0 amide bonds. The van der Waals surface area contributed by atoms with Crippen molar-refractivity contribution in [2.45, 2.75) is 10.0 Å². The van der Waals surface area contributed by atoms with E-state index < -0.39 is 37.6 Å². The summed E-state index contributed by atoms with van der Waals surface area (Å²) in [7, 11) is 12.8. The highest BCUT2D eigenvalue weighted by Crippen LogP contribution is 2.38. The van der Waals surface area contributed by atoms with Crippen LogP contribution in [0.5, 0.6) is 0 Å². The molecule has 0 aromatic heterocycles. The first kappa shape index (κ1) is 20.4. The van der Waals surface area contributed by atoms with Crippen molar-refractivity contribution in [3.8, 4) is 0 Å². The molecule has 0 fully saturated rings. The molecule has 0 saturated carbocycles. The summed E-state index contributed by atoms with van der Waals surface area (Å²) in [6, 6.07) is 13.4. The molecule has 0 bridgehead atoms. The van der Waals surface area contributed by atoms with Crippen molar-refractivity contribution in [2.24, 2.45) is 5.73 Å². The van der Waals surface area contributed by atoms with Crippen LogP contribution in [0.15, 0.2) is 66.2 Å². The maximum atomic E-state index is 12.8. The molecule has 0 unspecified atom stereocenters. The van der Waals surface area contributed by atoms with E-state index in [9.17, 15) is 13.2 Å². The average Bonchev–Trinajstić information content (AvgIpc) is 2.86. The van der Waals surface area contributed by atoms with E-state index in [-0.39, 0.29) is 11.1 Å². The van der Waals surface area contributed by atoms with Crippen molar-refractivity contribution >= 4 is 51.0 Å². The van der Waals surface area contributed by atoms with Crippen LogP contribution in [0.2, 0.25) is 5.02 Å². The van der Waals surface area contributed by atoms with Gasteiger partial charge in [-0.05, 0) is 23.3 Å². The maximum Gasteiger partial charge on any atom is 0.302 e. The SMILES string of the molecule is [B]C([B])(c1ccccc1)S(=O)(=O)OC1=C(N)O[C@@]([B])(c2ccc(Cl)cc2)C1=O. The van der Waals surface area contributed by atoms with Gasteiger partial charge in [-0.3, -0.25) is 4.79 Å². The van der Waals surface area contributed by atoms with Crippen LogP contribution in [0, 0.1) is 0 Å². The van der Waals surface area contributed by atoms with E-state index in [0.717, 1.165) is 0 Å². The molecule has 1 atom stereocenters. The molecule has 2 aromatic carbocycles. The predicted molar refractivity (Wildman–Crippen MR) is 106 cm³/mol. The second-order valence-electron chi connectivity index (χ2n) is 6.06. The third-order valence-corrected chi connectivity index (χ3v) is 5.84. The highest BCUT2D eigenvalue weighted by Gasteiger charge is 2.50. The molecule has 0 saturated heterocycles. The molecule has 3 rings (SSSR count). The van der Waals surface area contributed by atoms with Crippen LogP contribution in [-0.2, 0) is 33.9 Å². The molecule has 1 heterocycles. The lowest BCUT2D eigenvalue weighted by molar-refractivity contribution is -0.126. The maximum absolute atomic E-state index is 12.8. The number of benzene rings is 2. The van der Waals surface area contributed by atoms with E-state index in [1.165, 1.54) is 36.4 Å². The van der Waals surface area contributed by atoms with Gasteiger partial charge in [0.2, 0.25) is 17.4 Å². The third kappa shape index (κ3) is 3.31. The molecular weight excluding hydrogens is 398 g/mol. The minimum Gasteiger partial charge on any atom is -0.467 e. The van der Waals surface area contributed by atoms with Gasteiger partial charge < -0.3 is 14.7 Å². The fourth-order valence-electron chi connectivity index (χ4n) is 2.53. The summed E-state index contributed by atoms with van der Waals surface area (Å²) in [5, 5.41) is 0.400. The minimum atomic E-state index is -4.76. The van der Waals surface area contributed by atoms with Gasteiger partial charge >= 0.3 is 10.1 Å². The molecule has 2 N–H and O–H groups in total. The summed E-state index contributed by atoms with van der Waals surface area (Å²) in [5.41, 5.74) is 3.81. The monoisotopic (exact) mass is 409 g/mol. The van der Waals surface area contributed by atoms with E-state index in [0.29, 0.717) is 5.02 Å². The number of ether oxygens (including phenoxy) is 1. The standard InChI is InChI=1S/C17H11B3ClNO5S/c18-16(10-6-8-12(21)9-7-10)14(23)13(15(22)26-16)27-28(24,25)17(19,20)11-4-2-1-3-5-11/h1-9H,22H2/t16-/m0/s1. The van der Waals surface area contributed by atoms with Gasteiger partial charge in [-0.2, -0.15) is 8.42 Å². The molecule has 0 aliphatic carbocycles. The Morgan fingerprint density at radius 3 is 2.21 bits per heavy atom. The van der Waals surface area contributed by atoms with Gasteiger partial charge in [-0.25, -0.2) is 0 Å². The Bertz CT molecular complexity index is 1060. The molecule has 6 nitrogen and oxygen atoms in total. The Balaban J connectivity index is 1.93. The fourth-order valence-corrected chi connectivity index (χ4v) is 3.60. The lowest BCUT2D eigenvalue weighted by Gasteiger charge is -2.26. The van der Waals surface area contributed by atoms with Crippen molar-refractivity contribution in [1.82, 2.24) is 0 Å². The Kier molecular flexibility index (Phi) is 5.06. The first-order valence-electron chi connectivity index (χ1n) is 7.85. The van der Waals surface area contributed by atoms with Crippen molar-refractivity contribution < 1.29 is 22.1 Å². The molecule has 1 aliphatic rings. The summed E-state index contributed by atoms with van der Waals surface area (Å²) < 4.78 is 33.0. The molecule has 28 heavy (non-hydrogen) atoms. The second kappa shape index (κ2) is 6.94. The summed E-state index contributed by atoms with van der Waals surface area (Å²) in [6.07, 6.45) is 0. The number of rotatable bonds is 5. The van der Waals surface area contributed by atoms with Crippen LogP contribution >= 0.6 is 11.6 Å². The van der Waals surface area contributed by atoms with E-state index in [1.54, 1.807) is 18.2 Å². The average molecular weight is 409 g/mol. The zero-order chi connectivity index (χ0) is 20.7. The van der Waals surface area contributed by atoms with Crippen molar-refractivity contribution in [3.63, 3.8) is 0 Å². The smallest absolute Gasteiger partial charge is 0.302 e. The van der Waals surface area contributed by atoms with E-state index in [4.69, 9.17) is 49.8 Å². The number of hydrogen-bond donors (Lipinski definition) is 1. The Hall–Kier alpha value is -2.32. The largest absolute Gasteiger partial charge is 0.467 e. The van der Waals surface area contributed by atoms with Crippen LogP contribution < -0.4 is 5.73 Å². The lowest BCUT2D eigenvalue weighted by Crippen LogP contribution is -2.40. The van der Waals surface area contributed by atoms with Gasteiger partial charge in [0.1, 0.15) is 7.85 Å². The normalized spacial score (nSPS) is 20.1. The third-order valence-electron chi connectivity index (χ3n) is 4.14. The molecule has 11 heteroatoms. The first-order valence-corrected chi connectivity index (χ1v) is 9.63. The predicted octanol–water partition coefficient (Wildman–Crippen LogP) is 0.882. The number of ketones is 1. The highest BCUT2D eigenvalue weighted by atomic mass is 35.5. The molecule has 1 aliphatic heterocycles. The molecule has 2 aromatic rings. The van der Waals surface area contributed by atoms with Gasteiger partial charge in [-0.15, -0.1) is 0 Å². The van der Waals surface area contributed by atoms with Crippen molar-refractivity contribution in [3.05, 3.63) is 82.4 Å². The van der Waals surface area contributed by atoms with Crippen molar-refractivity contribution in [2.75, 3.05) is 0 Å². The first-order chi connectivity index (χ1) is 13.0. The summed E-state index contributed by atoms with van der Waals surface area (Å²) in [6.45, 7) is 0. The van der Waals surface area contributed by atoms with Crippen molar-refractivity contribution in [1.29, 1.82) is 0 Å². The number of carbonyl (C=O) groups excluding carboxylic acids is 1. The molecule has 0 spiro atoms. The zero-order valence-corrected chi connectivity index (χ0v) is 15.9. The van der Waals surface area contributed by atoms with Crippen LogP contribution in [-0.4, -0.2) is 37.7 Å². The molecular formula is C17H11B3ClNO5S. The van der Waals surface area contributed by atoms with Crippen LogP contribution in [0.25, 0.3) is 0 Å². The summed E-state index contributed by atoms with van der Waals surface area (Å²) in [5.74, 6) is -2.44. The topological polar surface area (TPSA) is 95.7 Å². The number of Topliss-reactive ketones (excluding diaryl/α,β-unsaturated/α-hetero) is 1. The Morgan fingerprint density at radius 2 is 1.64 bits per heavy atom. The fraction of sp³-hybridized carbons (Fsp3) is 0.118. The van der Waals surface area contributed by atoms with Gasteiger partial charge in [-0.1, -0.05) is 54.1 Å². The lowest BCUT2D eigenvalue weighted by atomic mass is 9.65. The zero-order valence-electron chi connectivity index (χ0n) is 14.3. The molecule has 136 valence electrons. The number of hydrogen-bond acceptors (Lipinski definition) is 6. The summed E-state index contributed by atoms with van der Waals surface area (Å²) >= 11 is 5.82. The number of carbonyl (C=O) groups is 1. The van der Waals surface area contributed by atoms with E-state index >= 15 is 0 Å². The van der Waals surface area contributed by atoms with E-state index in [2.05, 4.69) is 0 Å². The minimum absolute atomic E-state index is 0.0391. The highest BCUT2D eigenvalue weighted by molar-refractivity contribution is 7.90. The van der Waals surface area contributed by atoms with Gasteiger partial charge in [0, 0.05) is 5.02 Å². The Labute approximate surface area is 171 Å². The van der Waals surface area contributed by atoms with Crippen LogP contribution in [0.1, 0.15) is 11.1 Å². The van der Waals surface area contributed by atoms with Gasteiger partial charge in [0.15, 0.2) is 5.50 Å². The van der Waals surface area contributed by atoms with Crippen LogP contribution in [0.3, 0.4) is 0 Å². The number of halogens is 1. The number of nitrogens with two attached hydrogens (primary N) is 1. The van der Waals surface area contributed by atoms with Crippen LogP contribution in [0.4, 0.5) is 0 Å². The van der Waals surface area contributed by atoms with Gasteiger partial charge in [0.25, 0.3) is 0 Å². The quantitative estimate of drug-likeness (QED) is 0.582. The second-order valence-corrected chi connectivity index (χ2v) is 8.25. The Morgan fingerprint density at radius 1 is 1.07 bits per heavy atom. The summed E-state index contributed by atoms with van der Waals surface area (Å²) in [4.78, 5) is 12.8. The van der Waals surface area contributed by atoms with Gasteiger partial charge in [0.05, 0.1) is 20.2 Å².